The van der Waals surface area contributed by atoms with Crippen molar-refractivity contribution in [2.24, 2.45) is 5.92 Å². The molecule has 0 unspecified atom stereocenters. The number of hydrogen-bond acceptors (Lipinski definition) is 5. The second-order valence-electron chi connectivity index (χ2n) is 6.21. The van der Waals surface area contributed by atoms with Crippen LogP contribution in [0.4, 0.5) is 5.82 Å². The number of hydrogen-bond donors (Lipinski definition) is 3. The van der Waals surface area contributed by atoms with Gasteiger partial charge in [0, 0.05) is 31.4 Å². The number of aliphatic hydroxyl groups is 1. The zero-order valence-corrected chi connectivity index (χ0v) is 15.0. The molecule has 0 bridgehead atoms. The fourth-order valence-corrected chi connectivity index (χ4v) is 2.33. The van der Waals surface area contributed by atoms with Crippen LogP contribution < -0.4 is 5.73 Å². The van der Waals surface area contributed by atoms with Crippen LogP contribution in [0.2, 0.25) is 0 Å². The standard InChI is InChI=1S/C11H15N5O.C4H10.C2H6/c12-11-10-9(14-6-15-11)7(3-13-10)4-16-2-1-8(17)5-16;1-4(2)3;1-2/h3,6,8,13,17H,1-2,4-5H2,(H2,12,14,15);4H,1-3H3;1-2H3/t8-;;/m1../s1. The summed E-state index contributed by atoms with van der Waals surface area (Å²) in [5, 5.41) is 9.49. The van der Waals surface area contributed by atoms with Crippen LogP contribution in [0.25, 0.3) is 11.0 Å². The third-order valence-corrected chi connectivity index (χ3v) is 3.21. The molecule has 4 N–H and O–H groups in total. The Kier molecular flexibility index (Phi) is 7.98. The maximum atomic E-state index is 9.49. The number of aromatic amines is 1. The van der Waals surface area contributed by atoms with Gasteiger partial charge in [0.15, 0.2) is 5.82 Å². The number of aromatic nitrogens is 3. The average molecular weight is 321 g/mol. The summed E-state index contributed by atoms with van der Waals surface area (Å²) < 4.78 is 0. The van der Waals surface area contributed by atoms with Crippen molar-refractivity contribution in [1.29, 1.82) is 0 Å². The van der Waals surface area contributed by atoms with Crippen LogP contribution in [0.15, 0.2) is 12.5 Å². The first-order valence-electron chi connectivity index (χ1n) is 8.44. The maximum absolute atomic E-state index is 9.49. The minimum absolute atomic E-state index is 0.195. The SMILES string of the molecule is CC.CC(C)C.Nc1ncnc2c(CN3CC[C@@H](O)C3)c[nH]c12. The molecule has 6 nitrogen and oxygen atoms in total. The zero-order valence-electron chi connectivity index (χ0n) is 15.0. The number of anilines is 1. The van der Waals surface area contributed by atoms with E-state index in [1.54, 1.807) is 0 Å². The molecule has 1 aliphatic heterocycles. The molecule has 130 valence electrons. The number of β-amino-alcohol motifs (C(OH)–C–C–N with tert-alkyl or cyclic N) is 1. The van der Waals surface area contributed by atoms with Gasteiger partial charge in [0.05, 0.1) is 11.6 Å². The van der Waals surface area contributed by atoms with Crippen molar-refractivity contribution < 1.29 is 5.11 Å². The Labute approximate surface area is 139 Å². The molecule has 1 atom stereocenters. The molecule has 0 aromatic carbocycles. The quantitative estimate of drug-likeness (QED) is 0.791. The molecule has 3 rings (SSSR count). The lowest BCUT2D eigenvalue weighted by Gasteiger charge is -2.13. The Morgan fingerprint density at radius 3 is 2.57 bits per heavy atom. The number of rotatable bonds is 2. The minimum Gasteiger partial charge on any atom is -0.392 e. The van der Waals surface area contributed by atoms with Gasteiger partial charge in [0.1, 0.15) is 11.8 Å². The van der Waals surface area contributed by atoms with E-state index in [1.807, 2.05) is 20.0 Å². The van der Waals surface area contributed by atoms with E-state index >= 15 is 0 Å². The van der Waals surface area contributed by atoms with E-state index in [0.29, 0.717) is 5.82 Å². The van der Waals surface area contributed by atoms with Crippen LogP contribution in [0.3, 0.4) is 0 Å². The number of nitrogens with one attached hydrogen (secondary N) is 1. The molecule has 0 amide bonds. The van der Waals surface area contributed by atoms with Gasteiger partial charge in [-0.25, -0.2) is 9.97 Å². The van der Waals surface area contributed by atoms with Gasteiger partial charge in [-0.3, -0.25) is 4.90 Å². The maximum Gasteiger partial charge on any atom is 0.151 e. The fraction of sp³-hybridized carbons (Fsp3) is 0.647. The van der Waals surface area contributed by atoms with E-state index in [9.17, 15) is 5.11 Å². The Bertz CT molecular complexity index is 579. The fourth-order valence-electron chi connectivity index (χ4n) is 2.33. The van der Waals surface area contributed by atoms with Crippen molar-refractivity contribution in [1.82, 2.24) is 19.9 Å². The molecule has 2 aromatic heterocycles. The summed E-state index contributed by atoms with van der Waals surface area (Å²) in [7, 11) is 0. The topological polar surface area (TPSA) is 91.1 Å². The predicted octanol–water partition coefficient (Wildman–Crippen LogP) is 2.80. The highest BCUT2D eigenvalue weighted by molar-refractivity contribution is 5.86. The summed E-state index contributed by atoms with van der Waals surface area (Å²) >= 11 is 0. The van der Waals surface area contributed by atoms with Gasteiger partial charge in [0.2, 0.25) is 0 Å². The highest BCUT2D eigenvalue weighted by Crippen LogP contribution is 2.22. The van der Waals surface area contributed by atoms with Crippen LogP contribution in [0.1, 0.15) is 46.6 Å². The summed E-state index contributed by atoms with van der Waals surface area (Å²) in [6, 6.07) is 0. The second-order valence-corrected chi connectivity index (χ2v) is 6.21. The molecule has 1 aliphatic rings. The second kappa shape index (κ2) is 9.47. The Hall–Kier alpha value is -1.66. The molecule has 0 radical (unpaired) electrons. The van der Waals surface area contributed by atoms with Gasteiger partial charge >= 0.3 is 0 Å². The first kappa shape index (κ1) is 19.4. The molecule has 2 aromatic rings. The Morgan fingerprint density at radius 1 is 1.35 bits per heavy atom. The van der Waals surface area contributed by atoms with Crippen molar-refractivity contribution >= 4 is 16.9 Å². The molecular weight excluding hydrogens is 290 g/mol. The smallest absolute Gasteiger partial charge is 0.151 e. The van der Waals surface area contributed by atoms with E-state index in [1.165, 1.54) is 6.33 Å². The van der Waals surface area contributed by atoms with Crippen LogP contribution in [0.5, 0.6) is 0 Å². The summed E-state index contributed by atoms with van der Waals surface area (Å²) in [4.78, 5) is 13.5. The van der Waals surface area contributed by atoms with Gasteiger partial charge in [0.25, 0.3) is 0 Å². The van der Waals surface area contributed by atoms with E-state index < -0.39 is 0 Å². The molecule has 0 spiro atoms. The number of nitrogen functional groups attached to an aromatic ring is 1. The highest BCUT2D eigenvalue weighted by Gasteiger charge is 2.21. The van der Waals surface area contributed by atoms with Crippen LogP contribution >= 0.6 is 0 Å². The van der Waals surface area contributed by atoms with Gasteiger partial charge < -0.3 is 15.8 Å². The average Bonchev–Trinajstić information content (AvgIpc) is 3.09. The molecular formula is C17H31N5O. The number of nitrogens with zero attached hydrogens (tertiary/aromatic N) is 3. The summed E-state index contributed by atoms with van der Waals surface area (Å²) in [5.41, 5.74) is 8.53. The lowest BCUT2D eigenvalue weighted by Crippen LogP contribution is -2.21. The lowest BCUT2D eigenvalue weighted by atomic mass is 10.2. The third kappa shape index (κ3) is 5.80. The van der Waals surface area contributed by atoms with Crippen molar-refractivity contribution in [3.8, 4) is 0 Å². The van der Waals surface area contributed by atoms with Crippen molar-refractivity contribution in [2.75, 3.05) is 18.8 Å². The van der Waals surface area contributed by atoms with Crippen LogP contribution in [-0.2, 0) is 6.54 Å². The summed E-state index contributed by atoms with van der Waals surface area (Å²) in [6.07, 6.45) is 4.05. The minimum atomic E-state index is -0.195. The Balaban J connectivity index is 0.000000388. The van der Waals surface area contributed by atoms with Crippen molar-refractivity contribution in [3.63, 3.8) is 0 Å². The van der Waals surface area contributed by atoms with E-state index in [-0.39, 0.29) is 6.10 Å². The number of aliphatic hydroxyl groups excluding tert-OH is 1. The molecule has 23 heavy (non-hydrogen) atoms. The van der Waals surface area contributed by atoms with Gasteiger partial charge in [-0.1, -0.05) is 34.6 Å². The predicted molar refractivity (Wildman–Crippen MR) is 96.1 cm³/mol. The largest absolute Gasteiger partial charge is 0.392 e. The summed E-state index contributed by atoms with van der Waals surface area (Å²) in [5.74, 6) is 1.31. The lowest BCUT2D eigenvalue weighted by molar-refractivity contribution is 0.175. The Morgan fingerprint density at radius 2 is 2.00 bits per heavy atom. The van der Waals surface area contributed by atoms with E-state index in [0.717, 1.165) is 48.6 Å². The monoisotopic (exact) mass is 321 g/mol. The summed E-state index contributed by atoms with van der Waals surface area (Å²) in [6.45, 7) is 12.9. The van der Waals surface area contributed by atoms with Gasteiger partial charge in [-0.05, 0) is 12.3 Å². The number of fused-ring (bicyclic) bond motifs is 1. The van der Waals surface area contributed by atoms with Crippen LogP contribution in [0, 0.1) is 5.92 Å². The first-order chi connectivity index (χ1) is 11.0. The first-order valence-corrected chi connectivity index (χ1v) is 8.44. The molecule has 0 aliphatic carbocycles. The third-order valence-electron chi connectivity index (χ3n) is 3.21. The molecule has 1 fully saturated rings. The van der Waals surface area contributed by atoms with Crippen molar-refractivity contribution in [2.45, 2.75) is 53.7 Å². The number of H-pyrrole nitrogens is 1. The number of likely N-dealkylation sites (tertiary alicyclic amines) is 1. The molecule has 1 saturated heterocycles. The van der Waals surface area contributed by atoms with Crippen LogP contribution in [-0.4, -0.2) is 44.2 Å². The molecule has 0 saturated carbocycles. The van der Waals surface area contributed by atoms with Gasteiger partial charge in [-0.2, -0.15) is 0 Å². The van der Waals surface area contributed by atoms with Gasteiger partial charge in [-0.15, -0.1) is 0 Å². The normalized spacial score (nSPS) is 17.6. The molecule has 6 heteroatoms. The zero-order chi connectivity index (χ0) is 17.4. The number of nitrogens with two attached hydrogens (primary N) is 1. The molecule has 3 heterocycles. The highest BCUT2D eigenvalue weighted by atomic mass is 16.3. The van der Waals surface area contributed by atoms with Crippen molar-refractivity contribution in [3.05, 3.63) is 18.1 Å². The van der Waals surface area contributed by atoms with E-state index in [2.05, 4.69) is 40.6 Å². The van der Waals surface area contributed by atoms with E-state index in [4.69, 9.17) is 5.73 Å².